The highest BCUT2D eigenvalue weighted by Gasteiger charge is 2.00. The van der Waals surface area contributed by atoms with Crippen LogP contribution in [-0.2, 0) is 18.9 Å². The molecule has 0 unspecified atom stereocenters. The maximum Gasteiger partial charge on any atom is 0.407 e. The molecule has 0 rings (SSSR count). The molecule has 0 spiro atoms. The van der Waals surface area contributed by atoms with Crippen molar-refractivity contribution in [2.24, 2.45) is 0 Å². The van der Waals surface area contributed by atoms with Crippen LogP contribution in [0.4, 0.5) is 4.79 Å². The first-order valence-corrected chi connectivity index (χ1v) is 8.45. The highest BCUT2D eigenvalue weighted by molar-refractivity contribution is 5.66. The van der Waals surface area contributed by atoms with Gasteiger partial charge < -0.3 is 24.3 Å². The molecule has 1 amide bonds. The van der Waals surface area contributed by atoms with Gasteiger partial charge >= 0.3 is 6.09 Å². The van der Waals surface area contributed by atoms with Crippen molar-refractivity contribution in [2.45, 2.75) is 46.0 Å². The van der Waals surface area contributed by atoms with Crippen molar-refractivity contribution in [2.75, 3.05) is 52.8 Å². The van der Waals surface area contributed by atoms with Crippen LogP contribution in [0, 0.1) is 0 Å². The first kappa shape index (κ1) is 21.1. The van der Waals surface area contributed by atoms with E-state index < -0.39 is 0 Å². The normalized spacial score (nSPS) is 10.6. The molecule has 0 fully saturated rings. The van der Waals surface area contributed by atoms with Gasteiger partial charge in [0.2, 0.25) is 0 Å². The minimum Gasteiger partial charge on any atom is -0.447 e. The van der Waals surface area contributed by atoms with Crippen LogP contribution in [0.2, 0.25) is 0 Å². The predicted molar refractivity (Wildman–Crippen MR) is 86.2 cm³/mol. The maximum absolute atomic E-state index is 11.3. The molecule has 1 N–H and O–H groups in total. The van der Waals surface area contributed by atoms with E-state index in [1.54, 1.807) is 0 Å². The first-order chi connectivity index (χ1) is 10.8. The highest BCUT2D eigenvalue weighted by Crippen LogP contribution is 2.01. The van der Waals surface area contributed by atoms with Crippen molar-refractivity contribution in [3.8, 4) is 0 Å². The summed E-state index contributed by atoms with van der Waals surface area (Å²) in [6, 6.07) is 0. The molecule has 0 aliphatic carbocycles. The van der Waals surface area contributed by atoms with Crippen LogP contribution < -0.4 is 5.32 Å². The molecule has 0 aliphatic heterocycles. The van der Waals surface area contributed by atoms with Crippen molar-refractivity contribution < 1.29 is 23.7 Å². The molecule has 0 aliphatic rings. The number of carbonyl (C=O) groups excluding carboxylic acids is 1. The summed E-state index contributed by atoms with van der Waals surface area (Å²) in [6.07, 6.45) is 5.51. The second kappa shape index (κ2) is 18.2. The third-order valence-corrected chi connectivity index (χ3v) is 2.96. The van der Waals surface area contributed by atoms with Gasteiger partial charge in [-0.15, -0.1) is 0 Å². The van der Waals surface area contributed by atoms with Crippen LogP contribution in [0.5, 0.6) is 0 Å². The maximum atomic E-state index is 11.3. The zero-order chi connectivity index (χ0) is 16.3. The van der Waals surface area contributed by atoms with E-state index in [4.69, 9.17) is 18.9 Å². The smallest absolute Gasteiger partial charge is 0.407 e. The van der Waals surface area contributed by atoms with Gasteiger partial charge in [-0.2, -0.15) is 0 Å². The summed E-state index contributed by atoms with van der Waals surface area (Å²) in [5, 5.41) is 2.74. The molecule has 6 heteroatoms. The van der Waals surface area contributed by atoms with E-state index >= 15 is 0 Å². The van der Waals surface area contributed by atoms with Crippen molar-refractivity contribution >= 4 is 6.09 Å². The zero-order valence-electron chi connectivity index (χ0n) is 14.2. The zero-order valence-corrected chi connectivity index (χ0v) is 14.2. The van der Waals surface area contributed by atoms with E-state index in [0.29, 0.717) is 46.2 Å². The van der Waals surface area contributed by atoms with E-state index in [-0.39, 0.29) is 12.7 Å². The van der Waals surface area contributed by atoms with Crippen LogP contribution in [-0.4, -0.2) is 58.9 Å². The number of carbonyl (C=O) groups is 1. The van der Waals surface area contributed by atoms with E-state index in [2.05, 4.69) is 12.2 Å². The lowest BCUT2D eigenvalue weighted by molar-refractivity contribution is 0.00746. The minimum absolute atomic E-state index is 0.264. The van der Waals surface area contributed by atoms with Gasteiger partial charge in [-0.05, 0) is 13.3 Å². The van der Waals surface area contributed by atoms with Gasteiger partial charge in [-0.25, -0.2) is 4.79 Å². The van der Waals surface area contributed by atoms with Crippen molar-refractivity contribution in [1.29, 1.82) is 0 Å². The Morgan fingerprint density at radius 1 is 0.773 bits per heavy atom. The second-order valence-electron chi connectivity index (χ2n) is 4.90. The molecular weight excluding hydrogens is 286 g/mol. The predicted octanol–water partition coefficient (Wildman–Crippen LogP) is 2.75. The Balaban J connectivity index is 3.12. The average Bonchev–Trinajstić information content (AvgIpc) is 2.52. The monoisotopic (exact) mass is 319 g/mol. The molecule has 0 saturated carbocycles. The van der Waals surface area contributed by atoms with Crippen LogP contribution in [0.1, 0.15) is 46.0 Å². The van der Waals surface area contributed by atoms with Crippen LogP contribution >= 0.6 is 0 Å². The van der Waals surface area contributed by atoms with Gasteiger partial charge in [0, 0.05) is 13.2 Å². The molecular formula is C16H33NO5. The highest BCUT2D eigenvalue weighted by atomic mass is 16.6. The molecule has 0 bridgehead atoms. The van der Waals surface area contributed by atoms with Crippen molar-refractivity contribution in [3.63, 3.8) is 0 Å². The quantitative estimate of drug-likeness (QED) is 0.443. The summed E-state index contributed by atoms with van der Waals surface area (Å²) in [4.78, 5) is 11.3. The van der Waals surface area contributed by atoms with Crippen LogP contribution in [0.15, 0.2) is 0 Å². The fourth-order valence-corrected chi connectivity index (χ4v) is 1.75. The van der Waals surface area contributed by atoms with Gasteiger partial charge in [0.25, 0.3) is 0 Å². The molecule has 0 aromatic carbocycles. The van der Waals surface area contributed by atoms with E-state index in [1.807, 2.05) is 6.92 Å². The first-order valence-electron chi connectivity index (χ1n) is 8.45. The molecule has 0 aromatic heterocycles. The lowest BCUT2D eigenvalue weighted by Crippen LogP contribution is -2.26. The molecule has 6 nitrogen and oxygen atoms in total. The lowest BCUT2D eigenvalue weighted by atomic mass is 10.1. The Kier molecular flexibility index (Phi) is 17.5. The second-order valence-corrected chi connectivity index (χ2v) is 4.90. The third kappa shape index (κ3) is 17.2. The third-order valence-electron chi connectivity index (χ3n) is 2.96. The number of alkyl carbamates (subject to hydrolysis) is 1. The van der Waals surface area contributed by atoms with Gasteiger partial charge in [-0.3, -0.25) is 0 Å². The number of rotatable bonds is 16. The summed E-state index contributed by atoms with van der Waals surface area (Å²) >= 11 is 0. The van der Waals surface area contributed by atoms with E-state index in [0.717, 1.165) is 12.8 Å². The number of nitrogens with one attached hydrogen (secondary N) is 1. The Hall–Kier alpha value is -0.850. The molecule has 0 aromatic rings. The summed E-state index contributed by atoms with van der Waals surface area (Å²) in [6.45, 7) is 8.38. The molecule has 0 radical (unpaired) electrons. The average molecular weight is 319 g/mol. The van der Waals surface area contributed by atoms with Gasteiger partial charge in [0.05, 0.1) is 33.0 Å². The number of hydrogen-bond acceptors (Lipinski definition) is 5. The molecule has 0 atom stereocenters. The summed E-state index contributed by atoms with van der Waals surface area (Å²) < 4.78 is 20.7. The van der Waals surface area contributed by atoms with Crippen molar-refractivity contribution in [3.05, 3.63) is 0 Å². The van der Waals surface area contributed by atoms with Gasteiger partial charge in [0.1, 0.15) is 6.61 Å². The van der Waals surface area contributed by atoms with E-state index in [1.165, 1.54) is 19.3 Å². The molecule has 22 heavy (non-hydrogen) atoms. The standard InChI is InChI=1S/C16H33NO5/c1-3-5-6-7-8-9-17-16(18)22-15-14-21-13-12-20-11-10-19-4-2/h3-15H2,1-2H3,(H,17,18). The van der Waals surface area contributed by atoms with Crippen molar-refractivity contribution in [1.82, 2.24) is 5.32 Å². The minimum atomic E-state index is -0.368. The Morgan fingerprint density at radius 2 is 1.36 bits per heavy atom. The molecule has 0 heterocycles. The number of ether oxygens (including phenoxy) is 4. The topological polar surface area (TPSA) is 66.0 Å². The Morgan fingerprint density at radius 3 is 2.00 bits per heavy atom. The van der Waals surface area contributed by atoms with Gasteiger partial charge in [-0.1, -0.05) is 32.6 Å². The fraction of sp³-hybridized carbons (Fsp3) is 0.938. The number of amides is 1. The Bertz CT molecular complexity index is 239. The SMILES string of the molecule is CCCCCCCNC(=O)OCCOCCOCCOCC. The summed E-state index contributed by atoms with van der Waals surface area (Å²) in [5.74, 6) is 0. The van der Waals surface area contributed by atoms with E-state index in [9.17, 15) is 4.79 Å². The lowest BCUT2D eigenvalue weighted by Gasteiger charge is -2.08. The Labute approximate surface area is 134 Å². The van der Waals surface area contributed by atoms with Gasteiger partial charge in [0.15, 0.2) is 0 Å². The fourth-order valence-electron chi connectivity index (χ4n) is 1.75. The number of hydrogen-bond donors (Lipinski definition) is 1. The number of unbranched alkanes of at least 4 members (excludes halogenated alkanes) is 4. The van der Waals surface area contributed by atoms with Crippen LogP contribution in [0.3, 0.4) is 0 Å². The molecule has 0 saturated heterocycles. The largest absolute Gasteiger partial charge is 0.447 e. The summed E-state index contributed by atoms with van der Waals surface area (Å²) in [7, 11) is 0. The molecule has 132 valence electrons. The summed E-state index contributed by atoms with van der Waals surface area (Å²) in [5.41, 5.74) is 0. The van der Waals surface area contributed by atoms with Crippen LogP contribution in [0.25, 0.3) is 0 Å².